The quantitative estimate of drug-likeness (QED) is 0.494. The van der Waals surface area contributed by atoms with Gasteiger partial charge in [-0.05, 0) is 49.8 Å². The number of hydrogen-bond donors (Lipinski definition) is 1. The fraction of sp³-hybridized carbons (Fsp3) is 0.417. The van der Waals surface area contributed by atoms with Crippen LogP contribution in [0.25, 0.3) is 0 Å². The van der Waals surface area contributed by atoms with Crippen molar-refractivity contribution in [3.63, 3.8) is 0 Å². The summed E-state index contributed by atoms with van der Waals surface area (Å²) in [6.45, 7) is 4.20. The van der Waals surface area contributed by atoms with E-state index in [1.54, 1.807) is 0 Å². The van der Waals surface area contributed by atoms with Crippen LogP contribution in [-0.2, 0) is 6.42 Å². The maximum absolute atomic E-state index is 8.94. The number of rotatable bonds is 0. The van der Waals surface area contributed by atoms with Crippen molar-refractivity contribution in [1.82, 2.24) is 0 Å². The van der Waals surface area contributed by atoms with Crippen molar-refractivity contribution in [2.45, 2.75) is 33.1 Å². The minimum Gasteiger partial charge on any atom is -0.411 e. The monoisotopic (exact) mass is 189 g/mol. The molecule has 2 nitrogen and oxygen atoms in total. The number of fused-ring (bicyclic) bond motifs is 1. The normalized spacial score (nSPS) is 18.3. The molecule has 0 aromatic heterocycles. The molecule has 0 radical (unpaired) electrons. The van der Waals surface area contributed by atoms with Gasteiger partial charge in [-0.15, -0.1) is 0 Å². The molecule has 74 valence electrons. The third-order valence-electron chi connectivity index (χ3n) is 3.01. The molecular weight excluding hydrogens is 174 g/mol. The van der Waals surface area contributed by atoms with Crippen LogP contribution in [0.2, 0.25) is 0 Å². The van der Waals surface area contributed by atoms with Crippen LogP contribution in [0, 0.1) is 13.8 Å². The molecule has 0 saturated heterocycles. The second-order valence-electron chi connectivity index (χ2n) is 3.95. The first-order valence-corrected chi connectivity index (χ1v) is 5.04. The summed E-state index contributed by atoms with van der Waals surface area (Å²) in [5.41, 5.74) is 5.93. The summed E-state index contributed by atoms with van der Waals surface area (Å²) in [4.78, 5) is 0. The van der Waals surface area contributed by atoms with Crippen molar-refractivity contribution in [3.8, 4) is 0 Å². The van der Waals surface area contributed by atoms with Gasteiger partial charge in [-0.3, -0.25) is 0 Å². The van der Waals surface area contributed by atoms with Crippen molar-refractivity contribution in [1.29, 1.82) is 0 Å². The van der Waals surface area contributed by atoms with E-state index in [-0.39, 0.29) is 0 Å². The molecule has 1 aromatic rings. The largest absolute Gasteiger partial charge is 0.411 e. The lowest BCUT2D eigenvalue weighted by Gasteiger charge is -2.20. The highest BCUT2D eigenvalue weighted by molar-refractivity contribution is 6.03. The van der Waals surface area contributed by atoms with E-state index in [1.807, 2.05) is 0 Å². The molecule has 0 amide bonds. The van der Waals surface area contributed by atoms with Gasteiger partial charge >= 0.3 is 0 Å². The van der Waals surface area contributed by atoms with Gasteiger partial charge in [0.25, 0.3) is 0 Å². The lowest BCUT2D eigenvalue weighted by Crippen LogP contribution is -2.15. The molecule has 2 heteroatoms. The molecule has 2 rings (SSSR count). The van der Waals surface area contributed by atoms with Gasteiger partial charge in [0.15, 0.2) is 0 Å². The van der Waals surface area contributed by atoms with E-state index < -0.39 is 0 Å². The molecule has 0 spiro atoms. The maximum atomic E-state index is 8.94. The molecule has 1 N–H and O–H groups in total. The Morgan fingerprint density at radius 3 is 2.57 bits per heavy atom. The van der Waals surface area contributed by atoms with Gasteiger partial charge in [0.2, 0.25) is 0 Å². The van der Waals surface area contributed by atoms with Crippen LogP contribution in [0.4, 0.5) is 0 Å². The Morgan fingerprint density at radius 1 is 1.14 bits per heavy atom. The first-order valence-electron chi connectivity index (χ1n) is 5.04. The Labute approximate surface area is 84.3 Å². The predicted octanol–water partition coefficient (Wildman–Crippen LogP) is 2.82. The number of nitrogens with zero attached hydrogens (tertiary/aromatic N) is 1. The van der Waals surface area contributed by atoms with E-state index in [0.717, 1.165) is 25.0 Å². The summed E-state index contributed by atoms with van der Waals surface area (Å²) < 4.78 is 0. The van der Waals surface area contributed by atoms with Crippen LogP contribution in [0.3, 0.4) is 0 Å². The second kappa shape index (κ2) is 3.45. The van der Waals surface area contributed by atoms with E-state index in [2.05, 4.69) is 31.1 Å². The van der Waals surface area contributed by atoms with Crippen molar-refractivity contribution >= 4 is 5.71 Å². The molecule has 14 heavy (non-hydrogen) atoms. The van der Waals surface area contributed by atoms with Gasteiger partial charge in [0.05, 0.1) is 5.71 Å². The number of aryl methyl sites for hydroxylation is 2. The third kappa shape index (κ3) is 1.31. The summed E-state index contributed by atoms with van der Waals surface area (Å²) in [7, 11) is 0. The number of benzene rings is 1. The first kappa shape index (κ1) is 9.25. The molecule has 1 aliphatic carbocycles. The molecule has 0 fully saturated rings. The minimum absolute atomic E-state index is 0.854. The Kier molecular flexibility index (Phi) is 2.28. The molecule has 0 aliphatic heterocycles. The fourth-order valence-corrected chi connectivity index (χ4v) is 2.25. The first-order chi connectivity index (χ1) is 6.74. The van der Waals surface area contributed by atoms with E-state index in [0.29, 0.717) is 0 Å². The molecule has 0 bridgehead atoms. The van der Waals surface area contributed by atoms with Gasteiger partial charge in [0, 0.05) is 5.56 Å². The van der Waals surface area contributed by atoms with Crippen LogP contribution in [0.5, 0.6) is 0 Å². The summed E-state index contributed by atoms with van der Waals surface area (Å²) >= 11 is 0. The zero-order valence-electron chi connectivity index (χ0n) is 8.67. The minimum atomic E-state index is 0.854. The van der Waals surface area contributed by atoms with Crippen molar-refractivity contribution in [2.24, 2.45) is 5.16 Å². The molecular formula is C12H15NO. The van der Waals surface area contributed by atoms with E-state index >= 15 is 0 Å². The third-order valence-corrected chi connectivity index (χ3v) is 3.01. The molecule has 0 heterocycles. The SMILES string of the molecule is Cc1ccc(C)c2c1CCC/C2=N\O. The van der Waals surface area contributed by atoms with E-state index in [4.69, 9.17) is 5.21 Å². The van der Waals surface area contributed by atoms with Crippen LogP contribution < -0.4 is 0 Å². The van der Waals surface area contributed by atoms with Gasteiger partial charge in [-0.25, -0.2) is 0 Å². The highest BCUT2D eigenvalue weighted by Crippen LogP contribution is 2.27. The fourth-order valence-electron chi connectivity index (χ4n) is 2.25. The van der Waals surface area contributed by atoms with E-state index in [1.165, 1.54) is 22.3 Å². The Bertz CT molecular complexity index is 394. The van der Waals surface area contributed by atoms with Crippen LogP contribution in [-0.4, -0.2) is 10.9 Å². The van der Waals surface area contributed by atoms with Crippen molar-refractivity contribution in [2.75, 3.05) is 0 Å². The van der Waals surface area contributed by atoms with Crippen LogP contribution in [0.15, 0.2) is 17.3 Å². The summed E-state index contributed by atoms with van der Waals surface area (Å²) in [5, 5.41) is 12.3. The van der Waals surface area contributed by atoms with E-state index in [9.17, 15) is 0 Å². The summed E-state index contributed by atoms with van der Waals surface area (Å²) in [6.07, 6.45) is 3.10. The molecule has 0 saturated carbocycles. The highest BCUT2D eigenvalue weighted by atomic mass is 16.4. The average molecular weight is 189 g/mol. The maximum Gasteiger partial charge on any atom is 0.0873 e. The Morgan fingerprint density at radius 2 is 1.86 bits per heavy atom. The van der Waals surface area contributed by atoms with Crippen molar-refractivity contribution < 1.29 is 5.21 Å². The Hall–Kier alpha value is -1.31. The average Bonchev–Trinajstić information content (AvgIpc) is 2.23. The number of hydrogen-bond acceptors (Lipinski definition) is 2. The zero-order chi connectivity index (χ0) is 10.1. The van der Waals surface area contributed by atoms with Gasteiger partial charge in [0.1, 0.15) is 0 Å². The predicted molar refractivity (Wildman–Crippen MR) is 57.2 cm³/mol. The molecule has 1 aliphatic rings. The van der Waals surface area contributed by atoms with Gasteiger partial charge in [-0.1, -0.05) is 17.3 Å². The van der Waals surface area contributed by atoms with Crippen LogP contribution in [0.1, 0.15) is 35.1 Å². The molecule has 0 unspecified atom stereocenters. The smallest absolute Gasteiger partial charge is 0.0873 e. The summed E-state index contributed by atoms with van der Waals surface area (Å²) in [6, 6.07) is 4.25. The van der Waals surface area contributed by atoms with Gasteiger partial charge in [-0.2, -0.15) is 0 Å². The lowest BCUT2D eigenvalue weighted by molar-refractivity contribution is 0.317. The topological polar surface area (TPSA) is 32.6 Å². The highest BCUT2D eigenvalue weighted by Gasteiger charge is 2.19. The van der Waals surface area contributed by atoms with Crippen LogP contribution >= 0.6 is 0 Å². The lowest BCUT2D eigenvalue weighted by atomic mass is 9.84. The second-order valence-corrected chi connectivity index (χ2v) is 3.95. The summed E-state index contributed by atoms with van der Waals surface area (Å²) in [5.74, 6) is 0. The van der Waals surface area contributed by atoms with Crippen molar-refractivity contribution in [3.05, 3.63) is 34.4 Å². The molecule has 1 aromatic carbocycles. The van der Waals surface area contributed by atoms with Gasteiger partial charge < -0.3 is 5.21 Å². The standard InChI is InChI=1S/C12H15NO/c1-8-6-7-9(2)12-10(8)4-3-5-11(12)13-14/h6-7,14H,3-5H2,1-2H3/b13-11+. The molecule has 0 atom stereocenters. The number of oxime groups is 1. The Balaban J connectivity index is 2.67. The zero-order valence-corrected chi connectivity index (χ0v) is 8.67.